The number of rotatable bonds is 7. The maximum absolute atomic E-state index is 13.4. The van der Waals surface area contributed by atoms with Crippen LogP contribution in [-0.2, 0) is 21.2 Å². The molecule has 5 nitrogen and oxygen atoms in total. The van der Waals surface area contributed by atoms with E-state index < -0.39 is 21.7 Å². The molecule has 2 aromatic carbocycles. The Morgan fingerprint density at radius 1 is 1.12 bits per heavy atom. The summed E-state index contributed by atoms with van der Waals surface area (Å²) < 4.78 is 51.3. The first-order chi connectivity index (χ1) is 12.2. The molecule has 0 aliphatic rings. The van der Waals surface area contributed by atoms with Gasteiger partial charge >= 0.3 is 0 Å². The second-order valence-electron chi connectivity index (χ2n) is 5.74. The zero-order valence-corrected chi connectivity index (χ0v) is 15.3. The van der Waals surface area contributed by atoms with E-state index in [1.807, 2.05) is 19.1 Å². The number of sulfonamides is 1. The van der Waals surface area contributed by atoms with Crippen LogP contribution in [0.5, 0.6) is 0 Å². The number of para-hydroxylation sites is 1. The van der Waals surface area contributed by atoms with Crippen molar-refractivity contribution in [1.82, 2.24) is 0 Å². The molecule has 2 rings (SSSR count). The Morgan fingerprint density at radius 3 is 2.42 bits per heavy atom. The van der Waals surface area contributed by atoms with Gasteiger partial charge in [0.25, 0.3) is 0 Å². The Bertz CT molecular complexity index is 901. The van der Waals surface area contributed by atoms with Gasteiger partial charge in [-0.25, -0.2) is 17.2 Å². The third-order valence-corrected chi connectivity index (χ3v) is 5.00. The van der Waals surface area contributed by atoms with Crippen molar-refractivity contribution in [3.63, 3.8) is 0 Å². The summed E-state index contributed by atoms with van der Waals surface area (Å²) >= 11 is 0. The average molecular weight is 382 g/mol. The maximum atomic E-state index is 13.4. The van der Waals surface area contributed by atoms with Crippen molar-refractivity contribution in [2.45, 2.75) is 19.8 Å². The normalized spacial score (nSPS) is 11.2. The number of aryl methyl sites for hydroxylation is 1. The molecule has 0 heterocycles. The summed E-state index contributed by atoms with van der Waals surface area (Å²) in [7, 11) is -3.76. The molecule has 0 bridgehead atoms. The van der Waals surface area contributed by atoms with Crippen LogP contribution < -0.4 is 9.62 Å². The van der Waals surface area contributed by atoms with Crippen molar-refractivity contribution in [1.29, 1.82) is 0 Å². The summed E-state index contributed by atoms with van der Waals surface area (Å²) in [5.74, 6) is -2.60. The predicted octanol–water partition coefficient (Wildman–Crippen LogP) is 3.32. The molecule has 0 fully saturated rings. The lowest BCUT2D eigenvalue weighted by atomic mass is 10.1. The standard InChI is InChI=1S/C18H20F2N2O3S/c1-3-13-6-4-5-7-17(13)21-18(23)10-11-22(26(2,24)25)14-8-9-15(19)16(20)12-14/h4-9,12H,3,10-11H2,1-2H3,(H,21,23). The van der Waals surface area contributed by atoms with E-state index in [4.69, 9.17) is 0 Å². The van der Waals surface area contributed by atoms with E-state index in [0.29, 0.717) is 5.69 Å². The largest absolute Gasteiger partial charge is 0.326 e. The third-order valence-electron chi connectivity index (χ3n) is 3.81. The summed E-state index contributed by atoms with van der Waals surface area (Å²) in [5.41, 5.74) is 1.59. The Balaban J connectivity index is 2.12. The molecule has 0 saturated heterocycles. The quantitative estimate of drug-likeness (QED) is 0.799. The lowest BCUT2D eigenvalue weighted by Crippen LogP contribution is -2.33. The van der Waals surface area contributed by atoms with Gasteiger partial charge in [-0.3, -0.25) is 9.10 Å². The number of hydrogen-bond donors (Lipinski definition) is 1. The zero-order chi connectivity index (χ0) is 19.3. The number of amides is 1. The molecule has 0 aliphatic carbocycles. The fraction of sp³-hybridized carbons (Fsp3) is 0.278. The molecule has 0 saturated carbocycles. The van der Waals surface area contributed by atoms with Crippen LogP contribution >= 0.6 is 0 Å². The molecule has 26 heavy (non-hydrogen) atoms. The van der Waals surface area contributed by atoms with Gasteiger partial charge < -0.3 is 5.32 Å². The van der Waals surface area contributed by atoms with Gasteiger partial charge in [0.2, 0.25) is 15.9 Å². The third kappa shape index (κ3) is 5.01. The first-order valence-electron chi connectivity index (χ1n) is 8.03. The Labute approximate surface area is 151 Å². The van der Waals surface area contributed by atoms with Crippen LogP contribution in [0.1, 0.15) is 18.9 Å². The highest BCUT2D eigenvalue weighted by atomic mass is 32.2. The topological polar surface area (TPSA) is 66.5 Å². The second-order valence-corrected chi connectivity index (χ2v) is 7.65. The van der Waals surface area contributed by atoms with Crippen molar-refractivity contribution in [3.05, 3.63) is 59.7 Å². The summed E-state index contributed by atoms with van der Waals surface area (Å²) in [6.45, 7) is 1.77. The average Bonchev–Trinajstić information content (AvgIpc) is 2.57. The van der Waals surface area contributed by atoms with Crippen LogP contribution in [0.4, 0.5) is 20.2 Å². The van der Waals surface area contributed by atoms with Crippen LogP contribution in [0.2, 0.25) is 0 Å². The highest BCUT2D eigenvalue weighted by molar-refractivity contribution is 7.92. The van der Waals surface area contributed by atoms with Crippen LogP contribution in [-0.4, -0.2) is 27.1 Å². The van der Waals surface area contributed by atoms with Crippen LogP contribution in [0.15, 0.2) is 42.5 Å². The van der Waals surface area contributed by atoms with Crippen molar-refractivity contribution in [2.24, 2.45) is 0 Å². The molecule has 1 N–H and O–H groups in total. The van der Waals surface area contributed by atoms with E-state index >= 15 is 0 Å². The van der Waals surface area contributed by atoms with Crippen LogP contribution in [0.25, 0.3) is 0 Å². The summed E-state index contributed by atoms with van der Waals surface area (Å²) in [6.07, 6.45) is 1.55. The number of carbonyl (C=O) groups excluding carboxylic acids is 1. The van der Waals surface area contributed by atoms with Crippen molar-refractivity contribution >= 4 is 27.3 Å². The van der Waals surface area contributed by atoms with Gasteiger partial charge in [-0.2, -0.15) is 0 Å². The van der Waals surface area contributed by atoms with E-state index in [0.717, 1.165) is 40.7 Å². The number of carbonyl (C=O) groups is 1. The van der Waals surface area contributed by atoms with E-state index in [1.54, 1.807) is 12.1 Å². The number of anilines is 2. The smallest absolute Gasteiger partial charge is 0.232 e. The molecule has 0 aliphatic heterocycles. The molecule has 140 valence electrons. The minimum absolute atomic E-state index is 0.0341. The molecule has 0 radical (unpaired) electrons. The van der Waals surface area contributed by atoms with E-state index in [2.05, 4.69) is 5.32 Å². The maximum Gasteiger partial charge on any atom is 0.232 e. The van der Waals surface area contributed by atoms with Crippen LogP contribution in [0, 0.1) is 11.6 Å². The van der Waals surface area contributed by atoms with Gasteiger partial charge in [0, 0.05) is 24.7 Å². The van der Waals surface area contributed by atoms with Gasteiger partial charge in [-0.05, 0) is 30.2 Å². The van der Waals surface area contributed by atoms with E-state index in [1.165, 1.54) is 0 Å². The fourth-order valence-electron chi connectivity index (χ4n) is 2.49. The molecule has 2 aromatic rings. The minimum atomic E-state index is -3.76. The van der Waals surface area contributed by atoms with Crippen molar-refractivity contribution in [3.8, 4) is 0 Å². The molecule has 0 aromatic heterocycles. The number of benzene rings is 2. The highest BCUT2D eigenvalue weighted by Gasteiger charge is 2.20. The number of nitrogens with one attached hydrogen (secondary N) is 1. The van der Waals surface area contributed by atoms with Gasteiger partial charge in [0.05, 0.1) is 11.9 Å². The lowest BCUT2D eigenvalue weighted by molar-refractivity contribution is -0.116. The Morgan fingerprint density at radius 2 is 1.81 bits per heavy atom. The number of nitrogens with zero attached hydrogens (tertiary/aromatic N) is 1. The Hall–Kier alpha value is -2.48. The summed E-state index contributed by atoms with van der Waals surface area (Å²) in [5, 5.41) is 2.75. The number of halogens is 2. The summed E-state index contributed by atoms with van der Waals surface area (Å²) in [4.78, 5) is 12.2. The van der Waals surface area contributed by atoms with Gasteiger partial charge in [-0.1, -0.05) is 25.1 Å². The van der Waals surface area contributed by atoms with E-state index in [9.17, 15) is 22.0 Å². The van der Waals surface area contributed by atoms with Crippen LogP contribution in [0.3, 0.4) is 0 Å². The first kappa shape index (κ1) is 19.8. The van der Waals surface area contributed by atoms with E-state index in [-0.39, 0.29) is 24.6 Å². The number of hydrogen-bond acceptors (Lipinski definition) is 3. The Kier molecular flexibility index (Phi) is 6.31. The highest BCUT2D eigenvalue weighted by Crippen LogP contribution is 2.21. The zero-order valence-electron chi connectivity index (χ0n) is 14.5. The second kappa shape index (κ2) is 8.27. The SMILES string of the molecule is CCc1ccccc1NC(=O)CCN(c1ccc(F)c(F)c1)S(C)(=O)=O. The molecule has 0 atom stereocenters. The molecular weight excluding hydrogens is 362 g/mol. The summed E-state index contributed by atoms with van der Waals surface area (Å²) in [6, 6.07) is 10.1. The minimum Gasteiger partial charge on any atom is -0.326 e. The van der Waals surface area contributed by atoms with Gasteiger partial charge in [-0.15, -0.1) is 0 Å². The van der Waals surface area contributed by atoms with Crippen molar-refractivity contribution < 1.29 is 22.0 Å². The fourth-order valence-corrected chi connectivity index (χ4v) is 3.41. The lowest BCUT2D eigenvalue weighted by Gasteiger charge is -2.22. The van der Waals surface area contributed by atoms with Gasteiger partial charge in [0.1, 0.15) is 0 Å². The monoisotopic (exact) mass is 382 g/mol. The molecule has 0 spiro atoms. The predicted molar refractivity (Wildman–Crippen MR) is 97.6 cm³/mol. The van der Waals surface area contributed by atoms with Crippen molar-refractivity contribution in [2.75, 3.05) is 22.4 Å². The molecule has 0 unspecified atom stereocenters. The first-order valence-corrected chi connectivity index (χ1v) is 9.87. The molecular formula is C18H20F2N2O3S. The van der Waals surface area contributed by atoms with Gasteiger partial charge in [0.15, 0.2) is 11.6 Å². The molecule has 1 amide bonds. The molecule has 8 heteroatoms.